The SMILES string of the molecule is CC(C)CCc1cc(CCC(C)C)ncn1.CC(C)CCc1ccnc(CCC(C)C)n1.CC(C)CCc1cnc(CCC(C)C)nc1.CC(C)CCc1cncnc1CCC(C)C.CC(C)Cc1cc(CC(C)C)ncn1.CC(C)Cc1ccnc(CC(C)C)n1.CC(C)Cc1cnc(CC(C)C)cn1.CC(C)Cc1cncnc1CC(C)C. The molecule has 8 aromatic heterocycles. The molecule has 672 valence electrons. The Morgan fingerprint density at radius 2 is 0.533 bits per heavy atom. The molecule has 8 rings (SSSR count). The minimum atomic E-state index is 0.629. The highest BCUT2D eigenvalue weighted by Gasteiger charge is 2.13. The summed E-state index contributed by atoms with van der Waals surface area (Å²) in [4.78, 5) is 69.6. The number of nitrogens with zero attached hydrogens (tertiary/aromatic N) is 16. The van der Waals surface area contributed by atoms with Gasteiger partial charge in [-0.3, -0.25) is 9.97 Å². The van der Waals surface area contributed by atoms with E-state index in [4.69, 9.17) is 0 Å². The lowest BCUT2D eigenvalue weighted by molar-refractivity contribution is 0.564. The molecule has 0 aromatic carbocycles. The van der Waals surface area contributed by atoms with Crippen LogP contribution < -0.4 is 0 Å². The standard InChI is InChI=1S/4C14H24N2.4C12H20N2/c1-11(2)5-7-13-9-15-10-16-14(13)8-6-12(3)4;1-11(2)5-7-13-9-14(16-10-15-13)8-6-12(3)4;1-11(2)5-7-13-9-15-14(16-10-13)8-6-12(3)4;1-11(2)5-7-13-9-10-15-14(16-13)8-6-12(3)4;1-9(2)5-11-7-13-8-14-12(11)6-10(3)4;1-9(2)5-11-7-14-12(8-13-11)6-10(3)4;1-9(2)5-11-7-12(6-10(3)4)14-8-13-11;1-9(2)7-11-5-6-13-12(14-11)8-10(3)4/h4*9-12H,5-8H2,1-4H3;3*7-10H,5-6H2,1-4H3;5-6,9-10H,7-8H2,1-4H3. The van der Waals surface area contributed by atoms with Crippen LogP contribution in [0, 0.1) is 94.7 Å². The molecule has 0 aliphatic heterocycles. The Morgan fingerprint density at radius 1 is 0.200 bits per heavy atom. The predicted molar refractivity (Wildman–Crippen MR) is 510 cm³/mol. The molecule has 0 spiro atoms. The second-order valence-corrected chi connectivity index (χ2v) is 40.2. The summed E-state index contributed by atoms with van der Waals surface area (Å²) in [5.41, 5.74) is 15.7. The van der Waals surface area contributed by atoms with E-state index in [1.165, 1.54) is 114 Å². The highest BCUT2D eigenvalue weighted by atomic mass is 14.9. The Hall–Kier alpha value is -7.36. The molecule has 0 saturated heterocycles. The van der Waals surface area contributed by atoms with Crippen LogP contribution in [-0.4, -0.2) is 79.7 Å². The van der Waals surface area contributed by atoms with Crippen LogP contribution in [0.1, 0.15) is 364 Å². The maximum absolute atomic E-state index is 4.61. The van der Waals surface area contributed by atoms with E-state index < -0.39 is 0 Å². The molecule has 8 heterocycles. The molecule has 0 amide bonds. The summed E-state index contributed by atoms with van der Waals surface area (Å²) < 4.78 is 0. The van der Waals surface area contributed by atoms with Crippen molar-refractivity contribution in [3.05, 3.63) is 190 Å². The summed E-state index contributed by atoms with van der Waals surface area (Å²) in [6.07, 6.45) is 48.8. The zero-order valence-corrected chi connectivity index (χ0v) is 82.6. The lowest BCUT2D eigenvalue weighted by Crippen LogP contribution is -2.05. The zero-order valence-electron chi connectivity index (χ0n) is 82.6. The van der Waals surface area contributed by atoms with Gasteiger partial charge in [0.25, 0.3) is 0 Å². The van der Waals surface area contributed by atoms with E-state index in [2.05, 4.69) is 313 Å². The molecule has 0 radical (unpaired) electrons. The molecule has 16 heteroatoms. The van der Waals surface area contributed by atoms with Gasteiger partial charge in [0.15, 0.2) is 0 Å². The maximum Gasteiger partial charge on any atom is 0.128 e. The molecule has 0 bridgehead atoms. The lowest BCUT2D eigenvalue weighted by Gasteiger charge is -2.11. The summed E-state index contributed by atoms with van der Waals surface area (Å²) in [6, 6.07) is 8.37. The number of hydrogen-bond donors (Lipinski definition) is 0. The lowest BCUT2D eigenvalue weighted by atomic mass is 9.98. The fourth-order valence-electron chi connectivity index (χ4n) is 12.3. The van der Waals surface area contributed by atoms with Gasteiger partial charge < -0.3 is 0 Å². The highest BCUT2D eigenvalue weighted by Crippen LogP contribution is 2.20. The van der Waals surface area contributed by atoms with Crippen LogP contribution in [-0.2, 0) is 103 Å². The normalized spacial score (nSPS) is 11.3. The van der Waals surface area contributed by atoms with Crippen LogP contribution in [0.4, 0.5) is 0 Å². The van der Waals surface area contributed by atoms with E-state index in [-0.39, 0.29) is 0 Å². The van der Waals surface area contributed by atoms with Crippen molar-refractivity contribution < 1.29 is 0 Å². The van der Waals surface area contributed by atoms with Gasteiger partial charge >= 0.3 is 0 Å². The minimum absolute atomic E-state index is 0.629. The molecule has 8 aromatic rings. The van der Waals surface area contributed by atoms with Gasteiger partial charge in [0.2, 0.25) is 0 Å². The molecule has 0 aliphatic rings. The van der Waals surface area contributed by atoms with Crippen LogP contribution in [0.5, 0.6) is 0 Å². The van der Waals surface area contributed by atoms with Gasteiger partial charge in [-0.05, 0) is 270 Å². The summed E-state index contributed by atoms with van der Waals surface area (Å²) in [6.45, 7) is 71.3. The van der Waals surface area contributed by atoms with Crippen LogP contribution in [0.15, 0.2) is 99.1 Å². The smallest absolute Gasteiger partial charge is 0.128 e. The average molecular weight is 1650 g/mol. The summed E-state index contributed by atoms with van der Waals surface area (Å²) >= 11 is 0. The first-order valence-corrected chi connectivity index (χ1v) is 47.0. The van der Waals surface area contributed by atoms with Gasteiger partial charge in [0.1, 0.15) is 42.8 Å². The molecule has 0 fully saturated rings. The van der Waals surface area contributed by atoms with Crippen molar-refractivity contribution in [3.63, 3.8) is 0 Å². The zero-order chi connectivity index (χ0) is 90.1. The second kappa shape index (κ2) is 65.3. The number of aryl methyl sites for hydroxylation is 8. The summed E-state index contributed by atoms with van der Waals surface area (Å²) in [5.74, 6) is 14.2. The van der Waals surface area contributed by atoms with E-state index in [1.807, 2.05) is 61.7 Å². The van der Waals surface area contributed by atoms with E-state index in [1.54, 1.807) is 25.3 Å². The first kappa shape index (κ1) is 111. The van der Waals surface area contributed by atoms with Crippen molar-refractivity contribution in [2.24, 2.45) is 94.7 Å². The maximum atomic E-state index is 4.61. The minimum Gasteiger partial charge on any atom is -0.258 e. The third kappa shape index (κ3) is 61.9. The molecule has 0 atom stereocenters. The first-order chi connectivity index (χ1) is 56.6. The van der Waals surface area contributed by atoms with Crippen molar-refractivity contribution in [3.8, 4) is 0 Å². The van der Waals surface area contributed by atoms with E-state index in [9.17, 15) is 0 Å². The molecule has 0 aliphatic carbocycles. The van der Waals surface area contributed by atoms with Gasteiger partial charge in [0, 0.05) is 114 Å². The van der Waals surface area contributed by atoms with Gasteiger partial charge in [-0.2, -0.15) is 0 Å². The summed E-state index contributed by atoms with van der Waals surface area (Å²) in [5, 5.41) is 0. The van der Waals surface area contributed by atoms with Crippen LogP contribution in [0.3, 0.4) is 0 Å². The third-order valence-electron chi connectivity index (χ3n) is 19.1. The Labute approximate surface area is 736 Å². The Bertz CT molecular complexity index is 3430. The summed E-state index contributed by atoms with van der Waals surface area (Å²) in [7, 11) is 0. The van der Waals surface area contributed by atoms with Crippen molar-refractivity contribution in [1.82, 2.24) is 79.7 Å². The molecule has 0 saturated carbocycles. The number of hydrogen-bond acceptors (Lipinski definition) is 16. The Morgan fingerprint density at radius 3 is 0.967 bits per heavy atom. The largest absolute Gasteiger partial charge is 0.258 e. The van der Waals surface area contributed by atoms with Gasteiger partial charge in [-0.25, -0.2) is 69.8 Å². The van der Waals surface area contributed by atoms with Crippen molar-refractivity contribution in [1.29, 1.82) is 0 Å². The first-order valence-electron chi connectivity index (χ1n) is 47.0. The Kier molecular flexibility index (Phi) is 60.2. The van der Waals surface area contributed by atoms with Gasteiger partial charge in [-0.1, -0.05) is 222 Å². The average Bonchev–Trinajstić information content (AvgIpc) is 1.10. The van der Waals surface area contributed by atoms with Crippen molar-refractivity contribution in [2.45, 2.75) is 376 Å². The molecular weight excluding hydrogens is 1470 g/mol. The molecule has 0 unspecified atom stereocenters. The Balaban J connectivity index is 0.000000686. The van der Waals surface area contributed by atoms with Gasteiger partial charge in [0.05, 0.1) is 11.4 Å². The van der Waals surface area contributed by atoms with Crippen molar-refractivity contribution in [2.75, 3.05) is 0 Å². The third-order valence-corrected chi connectivity index (χ3v) is 19.1. The monoisotopic (exact) mass is 1650 g/mol. The highest BCUT2D eigenvalue weighted by molar-refractivity contribution is 5.18. The molecule has 120 heavy (non-hydrogen) atoms. The quantitative estimate of drug-likeness (QED) is 0.0350. The molecular formula is C104H176N16. The fraction of sp³-hybridized carbons (Fsp3) is 0.692. The number of rotatable bonds is 40. The topological polar surface area (TPSA) is 206 Å². The van der Waals surface area contributed by atoms with Crippen molar-refractivity contribution >= 4 is 0 Å². The molecule has 0 N–H and O–H groups in total. The van der Waals surface area contributed by atoms with Crippen LogP contribution in [0.2, 0.25) is 0 Å². The molecule has 16 nitrogen and oxygen atoms in total. The van der Waals surface area contributed by atoms with E-state index in [0.717, 1.165) is 179 Å². The van der Waals surface area contributed by atoms with E-state index in [0.29, 0.717) is 47.3 Å². The van der Waals surface area contributed by atoms with Gasteiger partial charge in [-0.15, -0.1) is 0 Å². The predicted octanol–water partition coefficient (Wildman–Crippen LogP) is 26.1. The van der Waals surface area contributed by atoms with Crippen LogP contribution >= 0.6 is 0 Å². The van der Waals surface area contributed by atoms with E-state index >= 15 is 0 Å². The second-order valence-electron chi connectivity index (χ2n) is 40.2. The fourth-order valence-corrected chi connectivity index (χ4v) is 12.3. The van der Waals surface area contributed by atoms with Crippen LogP contribution in [0.25, 0.3) is 0 Å². The number of aromatic nitrogens is 16.